The number of carbonyl (C=O) groups is 2. The fraction of sp³-hybridized carbons (Fsp3) is 0.643. The highest BCUT2D eigenvalue weighted by Gasteiger charge is 2.34. The molecule has 1 heterocycles. The van der Waals surface area contributed by atoms with Crippen molar-refractivity contribution in [3.63, 3.8) is 0 Å². The van der Waals surface area contributed by atoms with Gasteiger partial charge in [-0.3, -0.25) is 9.59 Å². The molecular weight excluding hydrogens is 276 g/mol. The number of aryl methyl sites for hydroxylation is 1. The summed E-state index contributed by atoms with van der Waals surface area (Å²) in [6.07, 6.45) is 4.70. The van der Waals surface area contributed by atoms with E-state index in [1.807, 2.05) is 0 Å². The summed E-state index contributed by atoms with van der Waals surface area (Å²) in [7, 11) is 0. The lowest BCUT2D eigenvalue weighted by Gasteiger charge is -2.23. The average molecular weight is 294 g/mol. The second-order valence-electron chi connectivity index (χ2n) is 5.29. The molecule has 1 N–H and O–H groups in total. The molecule has 2 aliphatic carbocycles. The zero-order valence-corrected chi connectivity index (χ0v) is 12.3. The summed E-state index contributed by atoms with van der Waals surface area (Å²) in [5.74, 6) is -0.241. The van der Waals surface area contributed by atoms with Gasteiger partial charge >= 0.3 is 5.97 Å². The molecule has 5 nitrogen and oxygen atoms in total. The Labute approximate surface area is 121 Å². The van der Waals surface area contributed by atoms with E-state index >= 15 is 0 Å². The molecule has 0 bridgehead atoms. The molecule has 1 atom stereocenters. The van der Waals surface area contributed by atoms with Crippen molar-refractivity contribution in [2.24, 2.45) is 5.92 Å². The van der Waals surface area contributed by atoms with Crippen molar-refractivity contribution in [3.05, 3.63) is 10.6 Å². The summed E-state index contributed by atoms with van der Waals surface area (Å²) in [4.78, 5) is 29.3. The highest BCUT2D eigenvalue weighted by atomic mass is 32.1. The average Bonchev–Trinajstić information content (AvgIpc) is 2.85. The van der Waals surface area contributed by atoms with E-state index in [1.54, 1.807) is 6.92 Å². The first kappa shape index (κ1) is 13.5. The molecule has 1 unspecified atom stereocenters. The number of aromatic nitrogens is 1. The first-order valence-electron chi connectivity index (χ1n) is 7.16. The van der Waals surface area contributed by atoms with Crippen molar-refractivity contribution in [3.8, 4) is 0 Å². The SMILES string of the molecule is CCOC(=O)C1CCc2sc(NC(=O)C3CCC3)nc21. The lowest BCUT2D eigenvalue weighted by Crippen LogP contribution is -2.28. The summed E-state index contributed by atoms with van der Waals surface area (Å²) >= 11 is 1.49. The highest BCUT2D eigenvalue weighted by molar-refractivity contribution is 7.16. The predicted octanol–water partition coefficient (Wildman–Crippen LogP) is 2.47. The van der Waals surface area contributed by atoms with Gasteiger partial charge in [-0.25, -0.2) is 4.98 Å². The summed E-state index contributed by atoms with van der Waals surface area (Å²) in [5.41, 5.74) is 0.803. The summed E-state index contributed by atoms with van der Waals surface area (Å²) < 4.78 is 5.08. The van der Waals surface area contributed by atoms with Crippen molar-refractivity contribution in [1.82, 2.24) is 4.98 Å². The van der Waals surface area contributed by atoms with Gasteiger partial charge < -0.3 is 10.1 Å². The Bertz CT molecular complexity index is 537. The van der Waals surface area contributed by atoms with Gasteiger partial charge in [0, 0.05) is 10.8 Å². The van der Waals surface area contributed by atoms with E-state index in [4.69, 9.17) is 4.74 Å². The zero-order chi connectivity index (χ0) is 14.1. The van der Waals surface area contributed by atoms with Crippen LogP contribution in [0.3, 0.4) is 0 Å². The van der Waals surface area contributed by atoms with Gasteiger partial charge in [0.15, 0.2) is 5.13 Å². The maximum atomic E-state index is 11.9. The number of hydrogen-bond acceptors (Lipinski definition) is 5. The van der Waals surface area contributed by atoms with Gasteiger partial charge in [-0.05, 0) is 32.6 Å². The standard InChI is InChI=1S/C14H18N2O3S/c1-2-19-13(18)9-6-7-10-11(9)15-14(20-10)16-12(17)8-4-3-5-8/h8-9H,2-7H2,1H3,(H,15,16,17). The molecule has 20 heavy (non-hydrogen) atoms. The van der Waals surface area contributed by atoms with Crippen molar-refractivity contribution in [2.45, 2.75) is 44.9 Å². The fourth-order valence-electron chi connectivity index (χ4n) is 2.63. The summed E-state index contributed by atoms with van der Waals surface area (Å²) in [6, 6.07) is 0. The molecule has 1 aromatic rings. The van der Waals surface area contributed by atoms with E-state index < -0.39 is 0 Å². The topological polar surface area (TPSA) is 68.3 Å². The Morgan fingerprint density at radius 1 is 1.40 bits per heavy atom. The van der Waals surface area contributed by atoms with Gasteiger partial charge in [-0.1, -0.05) is 6.42 Å². The van der Waals surface area contributed by atoms with Gasteiger partial charge in [0.05, 0.1) is 12.3 Å². The highest BCUT2D eigenvalue weighted by Crippen LogP contribution is 2.39. The van der Waals surface area contributed by atoms with Crippen molar-refractivity contribution in [2.75, 3.05) is 11.9 Å². The smallest absolute Gasteiger partial charge is 0.315 e. The van der Waals surface area contributed by atoms with E-state index in [1.165, 1.54) is 11.3 Å². The van der Waals surface area contributed by atoms with Crippen LogP contribution in [-0.4, -0.2) is 23.5 Å². The van der Waals surface area contributed by atoms with E-state index in [9.17, 15) is 9.59 Å². The van der Waals surface area contributed by atoms with Crippen LogP contribution in [0.5, 0.6) is 0 Å². The number of esters is 1. The molecule has 2 aliphatic rings. The van der Waals surface area contributed by atoms with Crippen LogP contribution in [0, 0.1) is 5.92 Å². The normalized spacial score (nSPS) is 21.1. The molecule has 1 aromatic heterocycles. The molecule has 1 saturated carbocycles. The summed E-state index contributed by atoms with van der Waals surface area (Å²) in [6.45, 7) is 2.19. The Hall–Kier alpha value is -1.43. The van der Waals surface area contributed by atoms with Gasteiger partial charge in [-0.15, -0.1) is 11.3 Å². The Morgan fingerprint density at radius 2 is 2.20 bits per heavy atom. The number of thiazole rings is 1. The van der Waals surface area contributed by atoms with E-state index in [2.05, 4.69) is 10.3 Å². The largest absolute Gasteiger partial charge is 0.465 e. The molecule has 0 aromatic carbocycles. The fourth-order valence-corrected chi connectivity index (χ4v) is 3.67. The zero-order valence-electron chi connectivity index (χ0n) is 11.5. The third-order valence-electron chi connectivity index (χ3n) is 3.99. The number of hydrogen-bond donors (Lipinski definition) is 1. The molecule has 108 valence electrons. The molecule has 3 rings (SSSR count). The van der Waals surface area contributed by atoms with Gasteiger partial charge in [-0.2, -0.15) is 0 Å². The lowest BCUT2D eigenvalue weighted by molar-refractivity contribution is -0.145. The second kappa shape index (κ2) is 5.52. The Kier molecular flexibility index (Phi) is 3.74. The van der Waals surface area contributed by atoms with Crippen molar-refractivity contribution >= 4 is 28.3 Å². The first-order chi connectivity index (χ1) is 9.69. The Morgan fingerprint density at radius 3 is 2.85 bits per heavy atom. The molecule has 1 amide bonds. The third kappa shape index (κ3) is 2.44. The number of nitrogens with one attached hydrogen (secondary N) is 1. The number of rotatable bonds is 4. The first-order valence-corrected chi connectivity index (χ1v) is 7.97. The lowest BCUT2D eigenvalue weighted by atomic mass is 9.85. The van der Waals surface area contributed by atoms with E-state index in [0.29, 0.717) is 11.7 Å². The minimum Gasteiger partial charge on any atom is -0.465 e. The van der Waals surface area contributed by atoms with Gasteiger partial charge in [0.25, 0.3) is 0 Å². The predicted molar refractivity (Wildman–Crippen MR) is 75.8 cm³/mol. The number of ether oxygens (including phenoxy) is 1. The molecule has 1 fully saturated rings. The number of carbonyl (C=O) groups excluding carboxylic acids is 2. The molecular formula is C14H18N2O3S. The van der Waals surface area contributed by atoms with Gasteiger partial charge in [0.1, 0.15) is 5.92 Å². The van der Waals surface area contributed by atoms with Crippen LogP contribution in [-0.2, 0) is 20.7 Å². The van der Waals surface area contributed by atoms with Crippen LogP contribution in [0.1, 0.15) is 49.1 Å². The van der Waals surface area contributed by atoms with Crippen LogP contribution >= 0.6 is 11.3 Å². The number of amides is 1. The van der Waals surface area contributed by atoms with E-state index in [0.717, 1.165) is 42.7 Å². The van der Waals surface area contributed by atoms with Gasteiger partial charge in [0.2, 0.25) is 5.91 Å². The van der Waals surface area contributed by atoms with Crippen LogP contribution in [0.4, 0.5) is 5.13 Å². The second-order valence-corrected chi connectivity index (χ2v) is 6.37. The maximum absolute atomic E-state index is 11.9. The number of anilines is 1. The minimum atomic E-state index is -0.254. The molecule has 0 spiro atoms. The third-order valence-corrected chi connectivity index (χ3v) is 5.04. The van der Waals surface area contributed by atoms with Crippen LogP contribution in [0.15, 0.2) is 0 Å². The molecule has 0 radical (unpaired) electrons. The number of nitrogens with zero attached hydrogens (tertiary/aromatic N) is 1. The van der Waals surface area contributed by atoms with Crippen LogP contribution in [0.2, 0.25) is 0 Å². The maximum Gasteiger partial charge on any atom is 0.315 e. The molecule has 0 saturated heterocycles. The summed E-state index contributed by atoms with van der Waals surface area (Å²) in [5, 5.41) is 3.51. The van der Waals surface area contributed by atoms with Crippen LogP contribution in [0.25, 0.3) is 0 Å². The monoisotopic (exact) mass is 294 g/mol. The Balaban J connectivity index is 1.69. The molecule has 0 aliphatic heterocycles. The van der Waals surface area contributed by atoms with Crippen molar-refractivity contribution < 1.29 is 14.3 Å². The quantitative estimate of drug-likeness (QED) is 0.866. The minimum absolute atomic E-state index is 0.0661. The van der Waals surface area contributed by atoms with Crippen LogP contribution < -0.4 is 5.32 Å². The molecule has 6 heteroatoms. The van der Waals surface area contributed by atoms with Crippen molar-refractivity contribution in [1.29, 1.82) is 0 Å². The number of fused-ring (bicyclic) bond motifs is 1. The van der Waals surface area contributed by atoms with E-state index in [-0.39, 0.29) is 23.7 Å².